The molecule has 1 N–H and O–H groups in total. The lowest BCUT2D eigenvalue weighted by molar-refractivity contribution is -0.126. The highest BCUT2D eigenvalue weighted by molar-refractivity contribution is 5.82. The van der Waals surface area contributed by atoms with Crippen molar-refractivity contribution in [2.24, 2.45) is 11.8 Å². The van der Waals surface area contributed by atoms with Gasteiger partial charge >= 0.3 is 0 Å². The molecule has 0 saturated heterocycles. The third-order valence-corrected chi connectivity index (χ3v) is 5.85. The molecule has 0 radical (unpaired) electrons. The van der Waals surface area contributed by atoms with Gasteiger partial charge in [-0.15, -0.1) is 0 Å². The Hall–Kier alpha value is -2.56. The first-order valence-electron chi connectivity index (χ1n) is 10.4. The van der Waals surface area contributed by atoms with E-state index in [0.717, 1.165) is 29.7 Å². The normalized spacial score (nSPS) is 19.8. The molecule has 0 aliphatic heterocycles. The number of carbonyl (C=O) groups is 1. The van der Waals surface area contributed by atoms with Gasteiger partial charge in [0.15, 0.2) is 5.76 Å². The van der Waals surface area contributed by atoms with E-state index in [1.54, 1.807) is 0 Å². The van der Waals surface area contributed by atoms with Crippen LogP contribution in [0.15, 0.2) is 45.3 Å². The summed E-state index contributed by atoms with van der Waals surface area (Å²) in [7, 11) is 0. The molecule has 4 rings (SSSR count). The fourth-order valence-electron chi connectivity index (χ4n) is 4.14. The average molecular weight is 380 g/mol. The van der Waals surface area contributed by atoms with Crippen LogP contribution >= 0.6 is 0 Å². The van der Waals surface area contributed by atoms with Gasteiger partial charge in [-0.1, -0.05) is 49.5 Å². The summed E-state index contributed by atoms with van der Waals surface area (Å²) in [5, 5.41) is 8.13. The van der Waals surface area contributed by atoms with Gasteiger partial charge in [0.1, 0.15) is 11.3 Å². The van der Waals surface area contributed by atoms with Crippen molar-refractivity contribution in [2.45, 2.75) is 58.4 Å². The number of fused-ring (bicyclic) bond motifs is 1. The molecule has 3 aromatic rings. The van der Waals surface area contributed by atoms with Gasteiger partial charge in [0.2, 0.25) is 11.7 Å². The monoisotopic (exact) mass is 380 g/mol. The molecule has 28 heavy (non-hydrogen) atoms. The van der Waals surface area contributed by atoms with Crippen LogP contribution in [-0.4, -0.2) is 11.1 Å². The summed E-state index contributed by atoms with van der Waals surface area (Å²) >= 11 is 0. The minimum absolute atomic E-state index is 0.139. The van der Waals surface area contributed by atoms with E-state index in [1.807, 2.05) is 36.4 Å². The minimum atomic E-state index is 0.139. The SMILES string of the molecule is CCCCC1CCC(C(=O)NCc2cc(-c3cc4ccccc4o3)on2)CC1. The van der Waals surface area contributed by atoms with E-state index in [1.165, 1.54) is 32.1 Å². The van der Waals surface area contributed by atoms with E-state index in [0.29, 0.717) is 23.8 Å². The number of hydrogen-bond donors (Lipinski definition) is 1. The van der Waals surface area contributed by atoms with Gasteiger partial charge in [-0.2, -0.15) is 0 Å². The molecule has 2 aromatic heterocycles. The van der Waals surface area contributed by atoms with E-state index in [-0.39, 0.29) is 11.8 Å². The van der Waals surface area contributed by atoms with Crippen LogP contribution < -0.4 is 5.32 Å². The molecule has 0 unspecified atom stereocenters. The number of benzene rings is 1. The van der Waals surface area contributed by atoms with E-state index < -0.39 is 0 Å². The Balaban J connectivity index is 1.29. The van der Waals surface area contributed by atoms with Crippen LogP contribution in [0.25, 0.3) is 22.5 Å². The van der Waals surface area contributed by atoms with Crippen molar-refractivity contribution in [1.82, 2.24) is 10.5 Å². The van der Waals surface area contributed by atoms with Crippen molar-refractivity contribution < 1.29 is 13.7 Å². The zero-order valence-corrected chi connectivity index (χ0v) is 16.4. The van der Waals surface area contributed by atoms with Crippen molar-refractivity contribution in [3.63, 3.8) is 0 Å². The minimum Gasteiger partial charge on any atom is -0.453 e. The summed E-state index contributed by atoms with van der Waals surface area (Å²) in [6, 6.07) is 11.6. The van der Waals surface area contributed by atoms with Crippen LogP contribution in [0.4, 0.5) is 0 Å². The Kier molecular flexibility index (Phi) is 5.79. The first-order chi connectivity index (χ1) is 13.7. The molecular weight excluding hydrogens is 352 g/mol. The lowest BCUT2D eigenvalue weighted by Crippen LogP contribution is -2.32. The summed E-state index contributed by atoms with van der Waals surface area (Å²) in [6.07, 6.45) is 8.24. The number of unbranched alkanes of at least 4 members (excludes halogenated alkanes) is 1. The number of para-hydroxylation sites is 1. The summed E-state index contributed by atoms with van der Waals surface area (Å²) in [5.74, 6) is 2.32. The van der Waals surface area contributed by atoms with E-state index in [2.05, 4.69) is 17.4 Å². The van der Waals surface area contributed by atoms with E-state index in [9.17, 15) is 4.79 Å². The Morgan fingerprint density at radius 2 is 1.96 bits per heavy atom. The predicted molar refractivity (Wildman–Crippen MR) is 109 cm³/mol. The first kappa shape index (κ1) is 18.8. The molecule has 1 aliphatic carbocycles. The quantitative estimate of drug-likeness (QED) is 0.571. The fourth-order valence-corrected chi connectivity index (χ4v) is 4.14. The van der Waals surface area contributed by atoms with E-state index in [4.69, 9.17) is 8.94 Å². The van der Waals surface area contributed by atoms with Crippen molar-refractivity contribution >= 4 is 16.9 Å². The third kappa shape index (κ3) is 4.29. The fraction of sp³-hybridized carbons (Fsp3) is 0.478. The number of aromatic nitrogens is 1. The van der Waals surface area contributed by atoms with Gasteiger partial charge in [-0.05, 0) is 43.7 Å². The second-order valence-corrected chi connectivity index (χ2v) is 7.91. The molecule has 148 valence electrons. The maximum atomic E-state index is 12.5. The maximum Gasteiger partial charge on any atom is 0.223 e. The van der Waals surface area contributed by atoms with Gasteiger partial charge in [-0.3, -0.25) is 4.79 Å². The number of hydrogen-bond acceptors (Lipinski definition) is 4. The number of furan rings is 1. The second-order valence-electron chi connectivity index (χ2n) is 7.91. The average Bonchev–Trinajstić information content (AvgIpc) is 3.37. The van der Waals surface area contributed by atoms with Crippen molar-refractivity contribution in [3.05, 3.63) is 42.1 Å². The highest BCUT2D eigenvalue weighted by Gasteiger charge is 2.26. The molecule has 0 atom stereocenters. The van der Waals surface area contributed by atoms with Crippen molar-refractivity contribution in [2.75, 3.05) is 0 Å². The number of nitrogens with zero attached hydrogens (tertiary/aromatic N) is 1. The Morgan fingerprint density at radius 3 is 2.75 bits per heavy atom. The van der Waals surface area contributed by atoms with Crippen molar-refractivity contribution in [3.8, 4) is 11.5 Å². The molecule has 0 spiro atoms. The summed E-state index contributed by atoms with van der Waals surface area (Å²) in [6.45, 7) is 2.63. The van der Waals surface area contributed by atoms with Crippen LogP contribution in [0.2, 0.25) is 0 Å². The zero-order valence-electron chi connectivity index (χ0n) is 16.4. The Labute approximate surface area is 165 Å². The molecule has 0 bridgehead atoms. The summed E-state index contributed by atoms with van der Waals surface area (Å²) in [4.78, 5) is 12.5. The molecule has 1 aromatic carbocycles. The first-order valence-corrected chi connectivity index (χ1v) is 10.4. The van der Waals surface area contributed by atoms with Gasteiger partial charge in [0.25, 0.3) is 0 Å². The Bertz CT molecular complexity index is 886. The van der Waals surface area contributed by atoms with Crippen LogP contribution in [0, 0.1) is 11.8 Å². The van der Waals surface area contributed by atoms with Gasteiger partial charge < -0.3 is 14.3 Å². The standard InChI is InChI=1S/C23H28N2O3/c1-2-3-6-16-9-11-17(12-10-16)23(26)24-15-19-14-22(28-25-19)21-13-18-7-4-5-8-20(18)27-21/h4-5,7-8,13-14,16-17H,2-3,6,9-12,15H2,1H3,(H,24,26). The molecule has 1 amide bonds. The van der Waals surface area contributed by atoms with Gasteiger partial charge in [0, 0.05) is 17.4 Å². The van der Waals surface area contributed by atoms with Crippen LogP contribution in [-0.2, 0) is 11.3 Å². The largest absolute Gasteiger partial charge is 0.453 e. The van der Waals surface area contributed by atoms with Crippen LogP contribution in [0.1, 0.15) is 57.6 Å². The molecular formula is C23H28N2O3. The molecule has 2 heterocycles. The molecule has 5 heteroatoms. The van der Waals surface area contributed by atoms with Crippen molar-refractivity contribution in [1.29, 1.82) is 0 Å². The summed E-state index contributed by atoms with van der Waals surface area (Å²) < 4.78 is 11.2. The smallest absolute Gasteiger partial charge is 0.223 e. The number of nitrogens with one attached hydrogen (secondary N) is 1. The lowest BCUT2D eigenvalue weighted by Gasteiger charge is -2.27. The van der Waals surface area contributed by atoms with Gasteiger partial charge in [0.05, 0.1) is 6.54 Å². The molecule has 1 fully saturated rings. The number of carbonyl (C=O) groups excluding carboxylic acids is 1. The van der Waals surface area contributed by atoms with E-state index >= 15 is 0 Å². The Morgan fingerprint density at radius 1 is 1.14 bits per heavy atom. The third-order valence-electron chi connectivity index (χ3n) is 5.85. The lowest BCUT2D eigenvalue weighted by atomic mass is 9.79. The van der Waals surface area contributed by atoms with Crippen LogP contribution in [0.3, 0.4) is 0 Å². The van der Waals surface area contributed by atoms with Gasteiger partial charge in [-0.25, -0.2) is 0 Å². The topological polar surface area (TPSA) is 68.3 Å². The molecule has 1 saturated carbocycles. The highest BCUT2D eigenvalue weighted by Crippen LogP contribution is 2.32. The highest BCUT2D eigenvalue weighted by atomic mass is 16.5. The number of amides is 1. The molecule has 1 aliphatic rings. The maximum absolute atomic E-state index is 12.5. The second kappa shape index (κ2) is 8.63. The number of rotatable bonds is 7. The van der Waals surface area contributed by atoms with Crippen LogP contribution in [0.5, 0.6) is 0 Å². The summed E-state index contributed by atoms with van der Waals surface area (Å²) in [5.41, 5.74) is 1.53. The zero-order chi connectivity index (χ0) is 19.3. The predicted octanol–water partition coefficient (Wildman–Crippen LogP) is 5.70. The molecule has 5 nitrogen and oxygen atoms in total.